The zero-order valence-electron chi connectivity index (χ0n) is 16.5. The van der Waals surface area contributed by atoms with Crippen LogP contribution in [0.3, 0.4) is 0 Å². The van der Waals surface area contributed by atoms with Crippen molar-refractivity contribution in [2.45, 2.75) is 23.6 Å². The van der Waals surface area contributed by atoms with Crippen molar-refractivity contribution in [1.82, 2.24) is 9.55 Å². The van der Waals surface area contributed by atoms with Gasteiger partial charge in [-0.25, -0.2) is 4.98 Å². The topological polar surface area (TPSA) is 53.4 Å². The third-order valence-electron chi connectivity index (χ3n) is 5.04. The van der Waals surface area contributed by atoms with Crippen LogP contribution in [-0.2, 0) is 12.3 Å². The van der Waals surface area contributed by atoms with Crippen molar-refractivity contribution in [3.05, 3.63) is 93.7 Å². The van der Waals surface area contributed by atoms with Gasteiger partial charge in [0.2, 0.25) is 0 Å². The van der Waals surface area contributed by atoms with Gasteiger partial charge in [-0.1, -0.05) is 59.8 Å². The molecule has 4 aromatic rings. The first-order valence-electron chi connectivity index (χ1n) is 9.93. The Morgan fingerprint density at radius 3 is 2.71 bits per heavy atom. The Kier molecular flexibility index (Phi) is 5.57. The van der Waals surface area contributed by atoms with Crippen LogP contribution in [0.15, 0.2) is 82.7 Å². The predicted octanol–water partition coefficient (Wildman–Crippen LogP) is 5.18. The van der Waals surface area contributed by atoms with Gasteiger partial charge in [-0.05, 0) is 42.0 Å². The molecule has 0 radical (unpaired) electrons. The van der Waals surface area contributed by atoms with Gasteiger partial charge >= 0.3 is 0 Å². The second-order valence-electron chi connectivity index (χ2n) is 7.24. The van der Waals surface area contributed by atoms with E-state index in [1.165, 1.54) is 11.8 Å². The average molecular weight is 451 g/mol. The van der Waals surface area contributed by atoms with Crippen molar-refractivity contribution in [3.8, 4) is 11.5 Å². The molecule has 156 valence electrons. The smallest absolute Gasteiger partial charge is 0.262 e. The number of benzene rings is 3. The molecule has 0 unspecified atom stereocenters. The molecule has 0 bridgehead atoms. The van der Waals surface area contributed by atoms with Crippen molar-refractivity contribution < 1.29 is 9.47 Å². The number of ether oxygens (including phenoxy) is 2. The molecule has 1 atom stereocenters. The Morgan fingerprint density at radius 1 is 1.03 bits per heavy atom. The standard InChI is InChI=1S/C24H19ClN2O3S/c25-17-7-5-6-16(12-17)15-31-24-26-20-9-2-1-8-19(20)23(28)27(24)13-18-14-29-21-10-3-4-11-22(21)30-18/h1-12,18H,13-15H2/t18-/m1/s1. The molecule has 5 nitrogen and oxygen atoms in total. The van der Waals surface area contributed by atoms with Gasteiger partial charge in [-0.15, -0.1) is 0 Å². The summed E-state index contributed by atoms with van der Waals surface area (Å²) in [4.78, 5) is 18.1. The second-order valence-corrected chi connectivity index (χ2v) is 8.62. The molecular weight excluding hydrogens is 432 g/mol. The second kappa shape index (κ2) is 8.65. The highest BCUT2D eigenvalue weighted by Gasteiger charge is 2.23. The Morgan fingerprint density at radius 2 is 1.84 bits per heavy atom. The largest absolute Gasteiger partial charge is 0.486 e. The minimum Gasteiger partial charge on any atom is -0.486 e. The van der Waals surface area contributed by atoms with E-state index in [9.17, 15) is 4.79 Å². The van der Waals surface area contributed by atoms with Gasteiger partial charge in [-0.3, -0.25) is 9.36 Å². The number of thioether (sulfide) groups is 1. The summed E-state index contributed by atoms with van der Waals surface area (Å²) in [6.45, 7) is 0.720. The highest BCUT2D eigenvalue weighted by Crippen LogP contribution is 2.32. The lowest BCUT2D eigenvalue weighted by Gasteiger charge is -2.27. The van der Waals surface area contributed by atoms with E-state index < -0.39 is 0 Å². The van der Waals surface area contributed by atoms with E-state index in [1.54, 1.807) is 10.6 Å². The van der Waals surface area contributed by atoms with Crippen LogP contribution in [0.2, 0.25) is 5.02 Å². The number of fused-ring (bicyclic) bond motifs is 2. The van der Waals surface area contributed by atoms with Crippen LogP contribution in [0.25, 0.3) is 10.9 Å². The van der Waals surface area contributed by atoms with Crippen LogP contribution in [0.4, 0.5) is 0 Å². The van der Waals surface area contributed by atoms with Crippen LogP contribution in [0, 0.1) is 0 Å². The molecule has 1 aliphatic rings. The summed E-state index contributed by atoms with van der Waals surface area (Å²) in [5, 5.41) is 1.92. The third kappa shape index (κ3) is 4.27. The SMILES string of the molecule is O=c1c2ccccc2nc(SCc2cccc(Cl)c2)n1C[C@@H]1COc2ccccc2O1. The summed E-state index contributed by atoms with van der Waals surface area (Å²) in [5.74, 6) is 2.06. The van der Waals surface area contributed by atoms with E-state index >= 15 is 0 Å². The number of hydrogen-bond donors (Lipinski definition) is 0. The molecule has 2 heterocycles. The molecule has 5 rings (SSSR count). The predicted molar refractivity (Wildman–Crippen MR) is 123 cm³/mol. The number of rotatable bonds is 5. The normalized spacial score (nSPS) is 15.2. The summed E-state index contributed by atoms with van der Waals surface area (Å²) in [7, 11) is 0. The molecule has 0 saturated heterocycles. The lowest BCUT2D eigenvalue weighted by Crippen LogP contribution is -2.37. The quantitative estimate of drug-likeness (QED) is 0.309. The molecule has 0 aliphatic carbocycles. The number of aromatic nitrogens is 2. The Labute approximate surface area is 188 Å². The molecule has 0 saturated carbocycles. The maximum Gasteiger partial charge on any atom is 0.262 e. The van der Waals surface area contributed by atoms with Gasteiger partial charge in [0, 0.05) is 10.8 Å². The molecule has 1 aliphatic heterocycles. The van der Waals surface area contributed by atoms with Gasteiger partial charge < -0.3 is 9.47 Å². The van der Waals surface area contributed by atoms with Crippen LogP contribution in [-0.4, -0.2) is 22.3 Å². The fourth-order valence-electron chi connectivity index (χ4n) is 3.55. The summed E-state index contributed by atoms with van der Waals surface area (Å²) >= 11 is 7.63. The van der Waals surface area contributed by atoms with E-state index in [4.69, 9.17) is 26.1 Å². The first-order valence-corrected chi connectivity index (χ1v) is 11.3. The first-order chi connectivity index (χ1) is 15.2. The van der Waals surface area contributed by atoms with Crippen LogP contribution >= 0.6 is 23.4 Å². The van der Waals surface area contributed by atoms with Crippen LogP contribution < -0.4 is 15.0 Å². The van der Waals surface area contributed by atoms with Crippen molar-refractivity contribution in [1.29, 1.82) is 0 Å². The maximum absolute atomic E-state index is 13.3. The molecule has 31 heavy (non-hydrogen) atoms. The number of hydrogen-bond acceptors (Lipinski definition) is 5. The third-order valence-corrected chi connectivity index (χ3v) is 6.32. The van der Waals surface area contributed by atoms with E-state index in [1.807, 2.05) is 66.7 Å². The van der Waals surface area contributed by atoms with E-state index in [0.717, 1.165) is 11.3 Å². The molecular formula is C24H19ClN2O3S. The monoisotopic (exact) mass is 450 g/mol. The summed E-state index contributed by atoms with van der Waals surface area (Å²) in [6.07, 6.45) is -0.291. The summed E-state index contributed by atoms with van der Waals surface area (Å²) in [6, 6.07) is 22.7. The highest BCUT2D eigenvalue weighted by atomic mass is 35.5. The number of para-hydroxylation sites is 3. The van der Waals surface area contributed by atoms with Crippen molar-refractivity contribution in [3.63, 3.8) is 0 Å². The van der Waals surface area contributed by atoms with Gasteiger partial charge in [0.05, 0.1) is 17.4 Å². The molecule has 1 aromatic heterocycles. The summed E-state index contributed by atoms with van der Waals surface area (Å²) in [5.41, 5.74) is 1.67. The fourth-order valence-corrected chi connectivity index (χ4v) is 4.71. The highest BCUT2D eigenvalue weighted by molar-refractivity contribution is 7.98. The van der Waals surface area contributed by atoms with Crippen LogP contribution in [0.1, 0.15) is 5.56 Å². The summed E-state index contributed by atoms with van der Waals surface area (Å²) < 4.78 is 13.6. The lowest BCUT2D eigenvalue weighted by atomic mass is 10.2. The number of nitrogens with zero attached hydrogens (tertiary/aromatic N) is 2. The van der Waals surface area contributed by atoms with Crippen molar-refractivity contribution in [2.24, 2.45) is 0 Å². The Bertz CT molecular complexity index is 1310. The zero-order chi connectivity index (χ0) is 21.2. The molecule has 0 spiro atoms. The molecule has 0 fully saturated rings. The van der Waals surface area contributed by atoms with Crippen molar-refractivity contribution in [2.75, 3.05) is 6.61 Å². The maximum atomic E-state index is 13.3. The van der Waals surface area contributed by atoms with Crippen LogP contribution in [0.5, 0.6) is 11.5 Å². The lowest BCUT2D eigenvalue weighted by molar-refractivity contribution is 0.0757. The fraction of sp³-hybridized carbons (Fsp3) is 0.167. The van der Waals surface area contributed by atoms with Gasteiger partial charge in [0.25, 0.3) is 5.56 Å². The Balaban J connectivity index is 1.47. The zero-order valence-corrected chi connectivity index (χ0v) is 18.1. The minimum absolute atomic E-state index is 0.0818. The van der Waals surface area contributed by atoms with Gasteiger partial charge in [0.1, 0.15) is 6.61 Å². The van der Waals surface area contributed by atoms with Crippen molar-refractivity contribution >= 4 is 34.3 Å². The van der Waals surface area contributed by atoms with Gasteiger partial charge in [0.15, 0.2) is 22.8 Å². The molecule has 7 heteroatoms. The average Bonchev–Trinajstić information content (AvgIpc) is 2.80. The minimum atomic E-state index is -0.291. The van der Waals surface area contributed by atoms with Gasteiger partial charge in [-0.2, -0.15) is 0 Å². The first kappa shape index (κ1) is 20.0. The Hall–Kier alpha value is -2.96. The molecule has 0 N–H and O–H groups in total. The van der Waals surface area contributed by atoms with E-state index in [0.29, 0.717) is 45.7 Å². The van der Waals surface area contributed by atoms with E-state index in [2.05, 4.69) is 0 Å². The number of halogens is 1. The van der Waals surface area contributed by atoms with E-state index in [-0.39, 0.29) is 11.7 Å². The molecule has 3 aromatic carbocycles. The molecule has 0 amide bonds.